The van der Waals surface area contributed by atoms with E-state index in [0.717, 1.165) is 4.90 Å². The maximum atomic E-state index is 12.3. The second kappa shape index (κ2) is 5.93. The fourth-order valence-corrected chi connectivity index (χ4v) is 1.71. The molecular formula is C9H12BrF2N3O. The fraction of sp³-hybridized carbons (Fsp3) is 0.556. The molecular weight excluding hydrogens is 284 g/mol. The van der Waals surface area contributed by atoms with Gasteiger partial charge in [-0.3, -0.25) is 9.89 Å². The third-order valence-electron chi connectivity index (χ3n) is 2.06. The van der Waals surface area contributed by atoms with Gasteiger partial charge in [0.05, 0.1) is 18.3 Å². The monoisotopic (exact) mass is 295 g/mol. The Bertz CT molecular complexity index is 356. The van der Waals surface area contributed by atoms with Crippen molar-refractivity contribution in [2.75, 3.05) is 18.4 Å². The van der Waals surface area contributed by atoms with Crippen LogP contribution in [0, 0.1) is 6.92 Å². The summed E-state index contributed by atoms with van der Waals surface area (Å²) in [6.45, 7) is 1.36. The highest BCUT2D eigenvalue weighted by Gasteiger charge is 2.21. The van der Waals surface area contributed by atoms with Gasteiger partial charge in [0.2, 0.25) is 0 Å². The maximum Gasteiger partial charge on any atom is 0.257 e. The minimum atomic E-state index is -2.53. The van der Waals surface area contributed by atoms with Gasteiger partial charge >= 0.3 is 0 Å². The zero-order chi connectivity index (χ0) is 12.1. The summed E-state index contributed by atoms with van der Waals surface area (Å²) in [5.41, 5.74) is 0.917. The summed E-state index contributed by atoms with van der Waals surface area (Å²) in [6.07, 6.45) is -1.18. The van der Waals surface area contributed by atoms with E-state index in [4.69, 9.17) is 0 Å². The van der Waals surface area contributed by atoms with Gasteiger partial charge in [0.15, 0.2) is 0 Å². The number of amides is 1. The fourth-order valence-electron chi connectivity index (χ4n) is 1.28. The average Bonchev–Trinajstić information content (AvgIpc) is 2.62. The Balaban J connectivity index is 2.78. The molecule has 0 atom stereocenters. The molecule has 7 heteroatoms. The predicted molar refractivity (Wildman–Crippen MR) is 59.0 cm³/mol. The van der Waals surface area contributed by atoms with Gasteiger partial charge < -0.3 is 4.90 Å². The second-order valence-corrected chi connectivity index (χ2v) is 4.03. The van der Waals surface area contributed by atoms with Crippen LogP contribution in [0.5, 0.6) is 0 Å². The summed E-state index contributed by atoms with van der Waals surface area (Å²) >= 11 is 3.13. The van der Waals surface area contributed by atoms with Crippen LogP contribution in [0.1, 0.15) is 16.1 Å². The van der Waals surface area contributed by atoms with Gasteiger partial charge in [-0.25, -0.2) is 8.78 Å². The number of halogens is 3. The molecule has 0 aromatic carbocycles. The lowest BCUT2D eigenvalue weighted by molar-refractivity contribution is 0.0572. The number of carbonyl (C=O) groups is 1. The minimum Gasteiger partial charge on any atom is -0.332 e. The first-order chi connectivity index (χ1) is 7.56. The normalized spacial score (nSPS) is 10.8. The van der Waals surface area contributed by atoms with Gasteiger partial charge in [0.25, 0.3) is 12.3 Å². The highest BCUT2D eigenvalue weighted by molar-refractivity contribution is 9.09. The Morgan fingerprint density at radius 3 is 2.81 bits per heavy atom. The first-order valence-electron chi connectivity index (χ1n) is 4.69. The van der Waals surface area contributed by atoms with Crippen LogP contribution in [-0.4, -0.2) is 45.8 Å². The van der Waals surface area contributed by atoms with Crippen molar-refractivity contribution in [1.29, 1.82) is 0 Å². The van der Waals surface area contributed by atoms with Crippen LogP contribution in [-0.2, 0) is 0 Å². The number of carbonyl (C=O) groups excluding carboxylic acids is 1. The summed E-state index contributed by atoms with van der Waals surface area (Å²) in [4.78, 5) is 13.0. The molecule has 16 heavy (non-hydrogen) atoms. The van der Waals surface area contributed by atoms with Crippen LogP contribution in [0.3, 0.4) is 0 Å². The molecule has 90 valence electrons. The van der Waals surface area contributed by atoms with E-state index in [1.165, 1.54) is 6.20 Å². The van der Waals surface area contributed by atoms with Gasteiger partial charge in [0.1, 0.15) is 0 Å². The molecule has 1 rings (SSSR count). The van der Waals surface area contributed by atoms with Crippen molar-refractivity contribution < 1.29 is 13.6 Å². The van der Waals surface area contributed by atoms with Crippen LogP contribution in [0.2, 0.25) is 0 Å². The average molecular weight is 296 g/mol. The van der Waals surface area contributed by atoms with Crippen LogP contribution < -0.4 is 0 Å². The quantitative estimate of drug-likeness (QED) is 0.843. The van der Waals surface area contributed by atoms with Crippen LogP contribution in [0.4, 0.5) is 8.78 Å². The van der Waals surface area contributed by atoms with Crippen molar-refractivity contribution in [3.05, 3.63) is 17.5 Å². The SMILES string of the molecule is Cc1[nH]ncc1C(=O)N(CCBr)CC(F)F. The molecule has 1 aromatic heterocycles. The molecule has 4 nitrogen and oxygen atoms in total. The summed E-state index contributed by atoms with van der Waals surface area (Å²) in [7, 11) is 0. The maximum absolute atomic E-state index is 12.3. The Kier molecular flexibility index (Phi) is 4.85. The van der Waals surface area contributed by atoms with Crippen molar-refractivity contribution in [2.24, 2.45) is 0 Å². The Morgan fingerprint density at radius 2 is 2.38 bits per heavy atom. The third kappa shape index (κ3) is 3.26. The van der Waals surface area contributed by atoms with E-state index >= 15 is 0 Å². The number of nitrogens with one attached hydrogen (secondary N) is 1. The smallest absolute Gasteiger partial charge is 0.257 e. The largest absolute Gasteiger partial charge is 0.332 e. The van der Waals surface area contributed by atoms with Crippen LogP contribution in [0.15, 0.2) is 6.20 Å². The van der Waals surface area contributed by atoms with Crippen LogP contribution in [0.25, 0.3) is 0 Å². The second-order valence-electron chi connectivity index (χ2n) is 3.24. The third-order valence-corrected chi connectivity index (χ3v) is 2.42. The van der Waals surface area contributed by atoms with E-state index in [0.29, 0.717) is 16.6 Å². The molecule has 0 radical (unpaired) electrons. The Hall–Kier alpha value is -0.980. The molecule has 0 aliphatic carbocycles. The number of aryl methyl sites for hydroxylation is 1. The van der Waals surface area contributed by atoms with Gasteiger partial charge in [-0.1, -0.05) is 15.9 Å². The molecule has 0 spiro atoms. The molecule has 1 aromatic rings. The predicted octanol–water partition coefficient (Wildman–Crippen LogP) is 1.82. The van der Waals surface area contributed by atoms with Gasteiger partial charge in [-0.2, -0.15) is 5.10 Å². The molecule has 0 unspecified atom stereocenters. The molecule has 1 amide bonds. The molecule has 0 saturated carbocycles. The number of alkyl halides is 3. The lowest BCUT2D eigenvalue weighted by atomic mass is 10.2. The lowest BCUT2D eigenvalue weighted by Gasteiger charge is -2.20. The van der Waals surface area contributed by atoms with Crippen molar-refractivity contribution in [2.45, 2.75) is 13.3 Å². The molecule has 0 saturated heterocycles. The summed E-state index contributed by atoms with van der Waals surface area (Å²) < 4.78 is 24.6. The van der Waals surface area contributed by atoms with E-state index < -0.39 is 18.9 Å². The molecule has 0 aliphatic rings. The lowest BCUT2D eigenvalue weighted by Crippen LogP contribution is -2.36. The van der Waals surface area contributed by atoms with E-state index in [9.17, 15) is 13.6 Å². The van der Waals surface area contributed by atoms with Crippen molar-refractivity contribution in [3.63, 3.8) is 0 Å². The Morgan fingerprint density at radius 1 is 1.69 bits per heavy atom. The number of H-pyrrole nitrogens is 1. The minimum absolute atomic E-state index is 0.244. The molecule has 0 bridgehead atoms. The van der Waals surface area contributed by atoms with E-state index in [2.05, 4.69) is 26.1 Å². The van der Waals surface area contributed by atoms with Crippen molar-refractivity contribution in [3.8, 4) is 0 Å². The van der Waals surface area contributed by atoms with E-state index in [1.54, 1.807) is 6.92 Å². The number of rotatable bonds is 5. The molecule has 0 aliphatic heterocycles. The van der Waals surface area contributed by atoms with Crippen molar-refractivity contribution in [1.82, 2.24) is 15.1 Å². The number of hydrogen-bond acceptors (Lipinski definition) is 2. The van der Waals surface area contributed by atoms with Crippen LogP contribution >= 0.6 is 15.9 Å². The topological polar surface area (TPSA) is 49.0 Å². The molecule has 1 heterocycles. The number of aromatic amines is 1. The highest BCUT2D eigenvalue weighted by Crippen LogP contribution is 2.09. The zero-order valence-electron chi connectivity index (χ0n) is 8.71. The summed E-state index contributed by atoms with van der Waals surface area (Å²) in [5.74, 6) is -0.425. The molecule has 1 N–H and O–H groups in total. The number of hydrogen-bond donors (Lipinski definition) is 1. The molecule has 0 fully saturated rings. The van der Waals surface area contributed by atoms with Gasteiger partial charge in [-0.05, 0) is 6.92 Å². The van der Waals surface area contributed by atoms with Gasteiger partial charge in [0, 0.05) is 17.6 Å². The van der Waals surface area contributed by atoms with Gasteiger partial charge in [-0.15, -0.1) is 0 Å². The van der Waals surface area contributed by atoms with E-state index in [1.807, 2.05) is 0 Å². The van der Waals surface area contributed by atoms with Crippen molar-refractivity contribution >= 4 is 21.8 Å². The summed E-state index contributed by atoms with van der Waals surface area (Å²) in [6, 6.07) is 0. The highest BCUT2D eigenvalue weighted by atomic mass is 79.9. The number of nitrogens with zero attached hydrogens (tertiary/aromatic N) is 2. The number of aromatic nitrogens is 2. The Labute approximate surface area is 100 Å². The summed E-state index contributed by atoms with van der Waals surface area (Å²) in [5, 5.41) is 6.76. The standard InChI is InChI=1S/C9H12BrF2N3O/c1-6-7(4-13-14-6)9(16)15(3-2-10)5-8(11)12/h4,8H,2-3,5H2,1H3,(H,13,14). The first-order valence-corrected chi connectivity index (χ1v) is 5.81. The van der Waals surface area contributed by atoms with E-state index in [-0.39, 0.29) is 6.54 Å². The first kappa shape index (κ1) is 13.1. The zero-order valence-corrected chi connectivity index (χ0v) is 10.3.